The van der Waals surface area contributed by atoms with Gasteiger partial charge in [0.05, 0.1) is 17.6 Å². The second kappa shape index (κ2) is 10.5. The van der Waals surface area contributed by atoms with Crippen molar-refractivity contribution in [2.75, 3.05) is 25.0 Å². The summed E-state index contributed by atoms with van der Waals surface area (Å²) >= 11 is 0. The number of carbonyl (C=O) groups is 1. The molecule has 0 aliphatic heterocycles. The van der Waals surface area contributed by atoms with Crippen molar-refractivity contribution in [3.63, 3.8) is 0 Å². The van der Waals surface area contributed by atoms with Gasteiger partial charge in [-0.05, 0) is 92.1 Å². The summed E-state index contributed by atoms with van der Waals surface area (Å²) in [6.45, 7) is 5.85. The number of carboxylic acids is 1. The predicted octanol–water partition coefficient (Wildman–Crippen LogP) is 4.58. The van der Waals surface area contributed by atoms with Crippen molar-refractivity contribution in [3.05, 3.63) is 76.9 Å². The normalized spacial score (nSPS) is 11.1. The smallest absolute Gasteiger partial charge is 0.335 e. The molecule has 0 aliphatic rings. The van der Waals surface area contributed by atoms with Gasteiger partial charge in [0.25, 0.3) is 10.0 Å². The largest absolute Gasteiger partial charge is 0.496 e. The summed E-state index contributed by atoms with van der Waals surface area (Å²) in [6, 6.07) is 14.4. The molecule has 0 amide bonds. The molecule has 0 saturated carbocycles. The van der Waals surface area contributed by atoms with Crippen LogP contribution in [0.4, 0.5) is 5.69 Å². The van der Waals surface area contributed by atoms with Crippen LogP contribution >= 0.6 is 0 Å². The molecule has 8 nitrogen and oxygen atoms in total. The monoisotopic (exact) mass is 485 g/mol. The van der Waals surface area contributed by atoms with E-state index in [1.807, 2.05) is 6.92 Å². The molecule has 9 heteroatoms. The first-order chi connectivity index (χ1) is 16.1. The SMILES string of the molecule is COc1cc(C)c(S(=O)(=O)Nc2ccc(OCCOc3ccc(C(=O)O)cc3)cc2)c(C)c1C. The molecule has 0 spiro atoms. The van der Waals surface area contributed by atoms with E-state index in [9.17, 15) is 13.2 Å². The van der Waals surface area contributed by atoms with Crippen LogP contribution in [0, 0.1) is 20.8 Å². The highest BCUT2D eigenvalue weighted by Gasteiger charge is 2.23. The van der Waals surface area contributed by atoms with Gasteiger partial charge in [-0.25, -0.2) is 13.2 Å². The number of hydrogen-bond acceptors (Lipinski definition) is 6. The Labute approximate surface area is 199 Å². The number of benzene rings is 3. The van der Waals surface area contributed by atoms with Crippen molar-refractivity contribution in [1.82, 2.24) is 0 Å². The number of rotatable bonds is 10. The number of ether oxygens (including phenoxy) is 3. The summed E-state index contributed by atoms with van der Waals surface area (Å²) in [6.07, 6.45) is 0. The molecule has 0 aromatic heterocycles. The molecular formula is C25H27NO7S. The van der Waals surface area contributed by atoms with Gasteiger partial charge in [-0.1, -0.05) is 0 Å². The van der Waals surface area contributed by atoms with E-state index in [0.717, 1.165) is 5.56 Å². The van der Waals surface area contributed by atoms with E-state index in [1.54, 1.807) is 63.4 Å². The van der Waals surface area contributed by atoms with Crippen LogP contribution in [-0.2, 0) is 10.0 Å². The Bertz CT molecular complexity index is 1270. The molecular weight excluding hydrogens is 458 g/mol. The third kappa shape index (κ3) is 5.79. The molecule has 0 unspecified atom stereocenters. The van der Waals surface area contributed by atoms with Gasteiger partial charge in [-0.2, -0.15) is 0 Å². The van der Waals surface area contributed by atoms with Crippen LogP contribution in [0.5, 0.6) is 17.2 Å². The van der Waals surface area contributed by atoms with Crippen molar-refractivity contribution in [2.24, 2.45) is 0 Å². The topological polar surface area (TPSA) is 111 Å². The van der Waals surface area contributed by atoms with E-state index in [4.69, 9.17) is 19.3 Å². The molecule has 0 atom stereocenters. The minimum atomic E-state index is -3.80. The Morgan fingerprint density at radius 2 is 1.41 bits per heavy atom. The Balaban J connectivity index is 1.58. The van der Waals surface area contributed by atoms with Gasteiger partial charge in [0.1, 0.15) is 30.5 Å². The number of nitrogens with one attached hydrogen (secondary N) is 1. The fourth-order valence-corrected chi connectivity index (χ4v) is 5.07. The van der Waals surface area contributed by atoms with E-state index < -0.39 is 16.0 Å². The highest BCUT2D eigenvalue weighted by molar-refractivity contribution is 7.92. The number of methoxy groups -OCH3 is 1. The maximum atomic E-state index is 13.1. The summed E-state index contributed by atoms with van der Waals surface area (Å²) in [5, 5.41) is 8.91. The summed E-state index contributed by atoms with van der Waals surface area (Å²) in [4.78, 5) is 11.1. The molecule has 0 saturated heterocycles. The summed E-state index contributed by atoms with van der Waals surface area (Å²) in [7, 11) is -2.24. The number of carboxylic acid groups (broad SMARTS) is 1. The van der Waals surface area contributed by atoms with Gasteiger partial charge in [0.15, 0.2) is 0 Å². The molecule has 0 radical (unpaired) electrons. The highest BCUT2D eigenvalue weighted by atomic mass is 32.2. The van der Waals surface area contributed by atoms with Crippen LogP contribution in [0.25, 0.3) is 0 Å². The minimum absolute atomic E-state index is 0.187. The van der Waals surface area contributed by atoms with Crippen LogP contribution in [-0.4, -0.2) is 39.8 Å². The van der Waals surface area contributed by atoms with Crippen LogP contribution in [0.2, 0.25) is 0 Å². The Kier molecular flexibility index (Phi) is 7.68. The number of aryl methyl sites for hydroxylation is 1. The first-order valence-electron chi connectivity index (χ1n) is 10.5. The van der Waals surface area contributed by atoms with Crippen LogP contribution in [0.1, 0.15) is 27.0 Å². The predicted molar refractivity (Wildman–Crippen MR) is 129 cm³/mol. The third-order valence-electron chi connectivity index (χ3n) is 5.30. The maximum absolute atomic E-state index is 13.1. The second-order valence-corrected chi connectivity index (χ2v) is 9.25. The van der Waals surface area contributed by atoms with Crippen molar-refractivity contribution < 1.29 is 32.5 Å². The Morgan fingerprint density at radius 1 is 0.882 bits per heavy atom. The van der Waals surface area contributed by atoms with Gasteiger partial charge in [-0.3, -0.25) is 4.72 Å². The molecule has 0 aliphatic carbocycles. The molecule has 34 heavy (non-hydrogen) atoms. The van der Waals surface area contributed by atoms with E-state index in [2.05, 4.69) is 4.72 Å². The number of hydrogen-bond donors (Lipinski definition) is 2. The van der Waals surface area contributed by atoms with Crippen LogP contribution < -0.4 is 18.9 Å². The molecule has 0 heterocycles. The molecule has 3 aromatic carbocycles. The van der Waals surface area contributed by atoms with E-state index in [0.29, 0.717) is 34.1 Å². The number of sulfonamides is 1. The van der Waals surface area contributed by atoms with Crippen LogP contribution in [0.15, 0.2) is 59.5 Å². The minimum Gasteiger partial charge on any atom is -0.496 e. The molecule has 3 rings (SSSR count). The first kappa shape index (κ1) is 24.9. The number of anilines is 1. The van der Waals surface area contributed by atoms with Gasteiger partial charge >= 0.3 is 5.97 Å². The lowest BCUT2D eigenvalue weighted by Crippen LogP contribution is -2.16. The number of aromatic carboxylic acids is 1. The lowest BCUT2D eigenvalue weighted by molar-refractivity contribution is 0.0696. The molecule has 3 aromatic rings. The van der Waals surface area contributed by atoms with Gasteiger partial charge in [-0.15, -0.1) is 0 Å². The zero-order valence-electron chi connectivity index (χ0n) is 19.4. The zero-order chi connectivity index (χ0) is 24.9. The Morgan fingerprint density at radius 3 is 1.91 bits per heavy atom. The quantitative estimate of drug-likeness (QED) is 0.405. The molecule has 0 bridgehead atoms. The van der Waals surface area contributed by atoms with E-state index >= 15 is 0 Å². The summed E-state index contributed by atoms with van der Waals surface area (Å²) in [5.74, 6) is 0.750. The summed E-state index contributed by atoms with van der Waals surface area (Å²) < 4.78 is 45.2. The van der Waals surface area contributed by atoms with Gasteiger partial charge < -0.3 is 19.3 Å². The fraction of sp³-hybridized carbons (Fsp3) is 0.240. The van der Waals surface area contributed by atoms with Crippen molar-refractivity contribution in [3.8, 4) is 17.2 Å². The third-order valence-corrected chi connectivity index (χ3v) is 6.97. The van der Waals surface area contributed by atoms with E-state index in [-0.39, 0.29) is 23.7 Å². The fourth-order valence-electron chi connectivity index (χ4n) is 3.48. The maximum Gasteiger partial charge on any atom is 0.335 e. The molecule has 0 fully saturated rings. The van der Waals surface area contributed by atoms with Crippen molar-refractivity contribution in [2.45, 2.75) is 25.7 Å². The standard InChI is InChI=1S/C25H27NO7S/c1-16-15-23(31-4)17(2)18(3)24(16)34(29,30)26-20-7-11-22(12-8-20)33-14-13-32-21-9-5-19(6-10-21)25(27)28/h5-12,15,26H,13-14H2,1-4H3,(H,27,28). The molecule has 2 N–H and O–H groups in total. The average molecular weight is 486 g/mol. The van der Waals surface area contributed by atoms with Gasteiger partial charge in [0.2, 0.25) is 0 Å². The van der Waals surface area contributed by atoms with Gasteiger partial charge in [0, 0.05) is 5.69 Å². The van der Waals surface area contributed by atoms with E-state index in [1.165, 1.54) is 12.1 Å². The lowest BCUT2D eigenvalue weighted by Gasteiger charge is -2.17. The summed E-state index contributed by atoms with van der Waals surface area (Å²) in [5.41, 5.74) is 2.62. The first-order valence-corrected chi connectivity index (χ1v) is 12.0. The van der Waals surface area contributed by atoms with Crippen molar-refractivity contribution in [1.29, 1.82) is 0 Å². The highest BCUT2D eigenvalue weighted by Crippen LogP contribution is 2.31. The Hall–Kier alpha value is -3.72. The lowest BCUT2D eigenvalue weighted by atomic mass is 10.1. The zero-order valence-corrected chi connectivity index (χ0v) is 20.2. The average Bonchev–Trinajstić information content (AvgIpc) is 2.80. The van der Waals surface area contributed by atoms with Crippen molar-refractivity contribution >= 4 is 21.7 Å². The second-order valence-electron chi connectivity index (χ2n) is 7.63. The van der Waals surface area contributed by atoms with Crippen LogP contribution in [0.3, 0.4) is 0 Å². The molecule has 180 valence electrons.